The minimum atomic E-state index is -0.743. The molecule has 3 nitrogen and oxygen atoms in total. The lowest BCUT2D eigenvalue weighted by Gasteiger charge is -2.12. The molecule has 2 atom stereocenters. The third-order valence-electron chi connectivity index (χ3n) is 2.44. The van der Waals surface area contributed by atoms with Crippen molar-refractivity contribution in [3.05, 3.63) is 35.4 Å². The Morgan fingerprint density at radius 2 is 2.12 bits per heavy atom. The van der Waals surface area contributed by atoms with Gasteiger partial charge in [-0.2, -0.15) is 0 Å². The van der Waals surface area contributed by atoms with Crippen LogP contribution in [0.3, 0.4) is 0 Å². The number of ether oxygens (including phenoxy) is 1. The van der Waals surface area contributed by atoms with E-state index < -0.39 is 10.8 Å². The van der Waals surface area contributed by atoms with E-state index in [1.807, 2.05) is 6.07 Å². The van der Waals surface area contributed by atoms with Crippen LogP contribution >= 0.6 is 0 Å². The van der Waals surface area contributed by atoms with E-state index in [4.69, 9.17) is 4.74 Å². The van der Waals surface area contributed by atoms with Gasteiger partial charge in [-0.25, -0.2) is 0 Å². The van der Waals surface area contributed by atoms with E-state index in [0.29, 0.717) is 12.4 Å². The quantitative estimate of drug-likeness (QED) is 0.806. The molecular weight excluding hydrogens is 234 g/mol. The third-order valence-corrected chi connectivity index (χ3v) is 3.41. The first-order chi connectivity index (χ1) is 8.11. The molecule has 0 spiro atoms. The molecule has 1 rings (SSSR count). The van der Waals surface area contributed by atoms with Gasteiger partial charge in [0, 0.05) is 42.5 Å². The maximum Gasteiger partial charge on any atom is 0.0713 e. The van der Waals surface area contributed by atoms with Gasteiger partial charge in [-0.3, -0.25) is 4.21 Å². The Bertz CT molecular complexity index is 368. The zero-order chi connectivity index (χ0) is 12.7. The standard InChI is InChI=1S/C13H21NO2S/c1-11(10-17(3)15)14-8-12-5-4-6-13(7-12)9-16-2/h4-7,11,14H,8-10H2,1-3H3. The highest BCUT2D eigenvalue weighted by Gasteiger charge is 2.03. The largest absolute Gasteiger partial charge is 0.380 e. The lowest BCUT2D eigenvalue weighted by molar-refractivity contribution is 0.185. The van der Waals surface area contributed by atoms with Crippen LogP contribution in [-0.2, 0) is 28.7 Å². The van der Waals surface area contributed by atoms with Gasteiger partial charge in [-0.15, -0.1) is 0 Å². The van der Waals surface area contributed by atoms with Crippen LogP contribution in [-0.4, -0.2) is 29.4 Å². The summed E-state index contributed by atoms with van der Waals surface area (Å²) in [5.41, 5.74) is 2.41. The van der Waals surface area contributed by atoms with E-state index in [0.717, 1.165) is 6.54 Å². The Kier molecular flexibility index (Phi) is 6.40. The van der Waals surface area contributed by atoms with E-state index in [1.165, 1.54) is 11.1 Å². The number of methoxy groups -OCH3 is 1. The average molecular weight is 255 g/mol. The summed E-state index contributed by atoms with van der Waals surface area (Å²) in [6.45, 7) is 3.50. The van der Waals surface area contributed by atoms with Crippen LogP contribution in [0.4, 0.5) is 0 Å². The van der Waals surface area contributed by atoms with Crippen LogP contribution < -0.4 is 5.32 Å². The summed E-state index contributed by atoms with van der Waals surface area (Å²) < 4.78 is 16.2. The second-order valence-electron chi connectivity index (χ2n) is 4.27. The molecule has 96 valence electrons. The summed E-state index contributed by atoms with van der Waals surface area (Å²) in [7, 11) is 0.955. The van der Waals surface area contributed by atoms with Gasteiger partial charge in [0.25, 0.3) is 0 Å². The Morgan fingerprint density at radius 1 is 1.41 bits per heavy atom. The van der Waals surface area contributed by atoms with Gasteiger partial charge in [0.15, 0.2) is 0 Å². The second kappa shape index (κ2) is 7.58. The highest BCUT2D eigenvalue weighted by atomic mass is 32.2. The lowest BCUT2D eigenvalue weighted by Crippen LogP contribution is -2.30. The number of hydrogen-bond donors (Lipinski definition) is 1. The maximum absolute atomic E-state index is 11.1. The molecule has 1 aromatic rings. The predicted molar refractivity (Wildman–Crippen MR) is 72.4 cm³/mol. The smallest absolute Gasteiger partial charge is 0.0713 e. The minimum Gasteiger partial charge on any atom is -0.380 e. The fraction of sp³-hybridized carbons (Fsp3) is 0.538. The van der Waals surface area contributed by atoms with Crippen molar-refractivity contribution in [3.8, 4) is 0 Å². The number of hydrogen-bond acceptors (Lipinski definition) is 3. The molecular formula is C13H21NO2S. The molecule has 0 aliphatic heterocycles. The molecule has 2 unspecified atom stereocenters. The molecule has 0 fully saturated rings. The summed E-state index contributed by atoms with van der Waals surface area (Å²) in [6, 6.07) is 8.58. The normalized spacial score (nSPS) is 14.5. The monoisotopic (exact) mass is 255 g/mol. The zero-order valence-corrected chi connectivity index (χ0v) is 11.5. The summed E-state index contributed by atoms with van der Waals surface area (Å²) >= 11 is 0. The van der Waals surface area contributed by atoms with Crippen molar-refractivity contribution in [1.82, 2.24) is 5.32 Å². The topological polar surface area (TPSA) is 38.3 Å². The van der Waals surface area contributed by atoms with Crippen molar-refractivity contribution < 1.29 is 8.95 Å². The van der Waals surface area contributed by atoms with Crippen molar-refractivity contribution in [3.63, 3.8) is 0 Å². The highest BCUT2D eigenvalue weighted by molar-refractivity contribution is 7.84. The highest BCUT2D eigenvalue weighted by Crippen LogP contribution is 2.06. The summed E-state index contributed by atoms with van der Waals surface area (Å²) in [4.78, 5) is 0. The summed E-state index contributed by atoms with van der Waals surface area (Å²) in [5.74, 6) is 0.692. The Morgan fingerprint density at radius 3 is 2.76 bits per heavy atom. The second-order valence-corrected chi connectivity index (χ2v) is 5.75. The Labute approximate surface area is 106 Å². The van der Waals surface area contributed by atoms with Gasteiger partial charge in [-0.1, -0.05) is 24.3 Å². The van der Waals surface area contributed by atoms with Crippen LogP contribution in [0, 0.1) is 0 Å². The van der Waals surface area contributed by atoms with Gasteiger partial charge >= 0.3 is 0 Å². The first-order valence-electron chi connectivity index (χ1n) is 5.72. The number of rotatable bonds is 7. The predicted octanol–water partition coefficient (Wildman–Crippen LogP) is 1.69. The summed E-state index contributed by atoms with van der Waals surface area (Å²) in [5, 5.41) is 3.37. The number of nitrogens with one attached hydrogen (secondary N) is 1. The molecule has 0 saturated heterocycles. The molecule has 17 heavy (non-hydrogen) atoms. The molecule has 0 aliphatic rings. The Hall–Kier alpha value is -0.710. The molecule has 0 aliphatic carbocycles. The van der Waals surface area contributed by atoms with Gasteiger partial charge in [0.1, 0.15) is 0 Å². The molecule has 0 amide bonds. The van der Waals surface area contributed by atoms with Gasteiger partial charge in [-0.05, 0) is 18.1 Å². The van der Waals surface area contributed by atoms with Crippen molar-refractivity contribution >= 4 is 10.8 Å². The van der Waals surface area contributed by atoms with E-state index >= 15 is 0 Å². The van der Waals surface area contributed by atoms with Crippen LogP contribution in [0.2, 0.25) is 0 Å². The van der Waals surface area contributed by atoms with Crippen LogP contribution in [0.1, 0.15) is 18.1 Å². The number of benzene rings is 1. The van der Waals surface area contributed by atoms with Gasteiger partial charge in [0.05, 0.1) is 6.61 Å². The molecule has 1 aromatic carbocycles. The molecule has 4 heteroatoms. The average Bonchev–Trinajstić information content (AvgIpc) is 2.26. The molecule has 0 bridgehead atoms. The van der Waals surface area contributed by atoms with Gasteiger partial charge < -0.3 is 10.1 Å². The molecule has 0 aromatic heterocycles. The third kappa shape index (κ3) is 5.96. The van der Waals surface area contributed by atoms with Crippen LogP contribution in [0.5, 0.6) is 0 Å². The van der Waals surface area contributed by atoms with Crippen molar-refractivity contribution in [2.24, 2.45) is 0 Å². The van der Waals surface area contributed by atoms with Crippen molar-refractivity contribution in [2.75, 3.05) is 19.1 Å². The summed E-state index contributed by atoms with van der Waals surface area (Å²) in [6.07, 6.45) is 1.73. The first-order valence-corrected chi connectivity index (χ1v) is 7.44. The van der Waals surface area contributed by atoms with E-state index in [-0.39, 0.29) is 6.04 Å². The fourth-order valence-electron chi connectivity index (χ4n) is 1.70. The molecule has 0 radical (unpaired) electrons. The van der Waals surface area contributed by atoms with Crippen LogP contribution in [0.25, 0.3) is 0 Å². The van der Waals surface area contributed by atoms with E-state index in [9.17, 15) is 4.21 Å². The van der Waals surface area contributed by atoms with E-state index in [2.05, 4.69) is 30.4 Å². The minimum absolute atomic E-state index is 0.270. The maximum atomic E-state index is 11.1. The van der Waals surface area contributed by atoms with Crippen LogP contribution in [0.15, 0.2) is 24.3 Å². The first kappa shape index (κ1) is 14.4. The van der Waals surface area contributed by atoms with Crippen molar-refractivity contribution in [1.29, 1.82) is 0 Å². The van der Waals surface area contributed by atoms with E-state index in [1.54, 1.807) is 13.4 Å². The fourth-order valence-corrected chi connectivity index (χ4v) is 2.52. The van der Waals surface area contributed by atoms with Gasteiger partial charge in [0.2, 0.25) is 0 Å². The zero-order valence-electron chi connectivity index (χ0n) is 10.7. The SMILES string of the molecule is COCc1cccc(CNC(C)CS(C)=O)c1. The Balaban J connectivity index is 2.45. The molecule has 0 heterocycles. The molecule has 1 N–H and O–H groups in total. The van der Waals surface area contributed by atoms with Crippen molar-refractivity contribution in [2.45, 2.75) is 26.1 Å². The lowest BCUT2D eigenvalue weighted by atomic mass is 10.1. The molecule has 0 saturated carbocycles.